The maximum atomic E-state index is 11.2. The number of unbranched alkanes of at least 4 members (excludes halogenated alkanes) is 2. The van der Waals surface area contributed by atoms with Crippen molar-refractivity contribution in [1.29, 1.82) is 0 Å². The number of ether oxygens (including phenoxy) is 1. The minimum absolute atomic E-state index is 0.243. The Kier molecular flexibility index (Phi) is 16.5. The van der Waals surface area contributed by atoms with E-state index in [1.165, 1.54) is 38.8 Å². The molecule has 0 unspecified atom stereocenters. The highest BCUT2D eigenvalue weighted by atomic mass is 32.2. The van der Waals surface area contributed by atoms with Gasteiger partial charge in [-0.3, -0.25) is 0 Å². The lowest BCUT2D eigenvalue weighted by Gasteiger charge is -2.18. The van der Waals surface area contributed by atoms with Crippen molar-refractivity contribution in [2.24, 2.45) is 0 Å². The normalized spacial score (nSPS) is 10.9. The quantitative estimate of drug-likeness (QED) is 0.322. The molecule has 0 amide bonds. The summed E-state index contributed by atoms with van der Waals surface area (Å²) in [6.07, 6.45) is 5.34. The van der Waals surface area contributed by atoms with Crippen LogP contribution < -0.4 is 4.90 Å². The Labute approximate surface area is 148 Å². The van der Waals surface area contributed by atoms with Gasteiger partial charge in [-0.05, 0) is 26.2 Å². The zero-order chi connectivity index (χ0) is 19.0. The highest BCUT2D eigenvalue weighted by molar-refractivity contribution is 7.85. The number of esters is 1. The van der Waals surface area contributed by atoms with Crippen LogP contribution in [-0.4, -0.2) is 50.9 Å². The number of quaternary nitrogens is 1. The topological polar surface area (TPSA) is 87.9 Å². The summed E-state index contributed by atoms with van der Waals surface area (Å²) in [7, 11) is -3.92. The third-order valence-electron chi connectivity index (χ3n) is 3.26. The molecule has 0 bridgehead atoms. The Morgan fingerprint density at radius 2 is 1.54 bits per heavy atom. The molecule has 0 aromatic carbocycles. The van der Waals surface area contributed by atoms with E-state index in [2.05, 4.69) is 20.4 Å². The summed E-state index contributed by atoms with van der Waals surface area (Å²) in [5, 5.41) is 0. The third kappa shape index (κ3) is 19.1. The molecule has 0 saturated heterocycles. The van der Waals surface area contributed by atoms with E-state index in [1.54, 1.807) is 18.7 Å². The maximum Gasteiger partial charge on any atom is 0.333 e. The molecule has 0 aliphatic heterocycles. The molecule has 0 radical (unpaired) electrons. The molecule has 1 N–H and O–H groups in total. The fourth-order valence-electron chi connectivity index (χ4n) is 1.89. The van der Waals surface area contributed by atoms with Crippen molar-refractivity contribution in [3.8, 4) is 0 Å². The van der Waals surface area contributed by atoms with Crippen LogP contribution in [0.25, 0.3) is 0 Å². The summed E-state index contributed by atoms with van der Waals surface area (Å²) in [6, 6.07) is 0. The lowest BCUT2D eigenvalue weighted by Crippen LogP contribution is -3.12. The van der Waals surface area contributed by atoms with Gasteiger partial charge in [0.15, 0.2) is 0 Å². The van der Waals surface area contributed by atoms with Crippen LogP contribution in [0.5, 0.6) is 0 Å². The minimum atomic E-state index is -3.92. The van der Waals surface area contributed by atoms with Crippen molar-refractivity contribution in [3.05, 3.63) is 12.2 Å². The van der Waals surface area contributed by atoms with Crippen LogP contribution in [0.3, 0.4) is 0 Å². The molecular formula is C17H35NO5S. The van der Waals surface area contributed by atoms with E-state index >= 15 is 0 Å². The van der Waals surface area contributed by atoms with Crippen LogP contribution >= 0.6 is 0 Å². The molecule has 0 aliphatic carbocycles. The third-order valence-corrected chi connectivity index (χ3v) is 4.17. The largest absolute Gasteiger partial charge is 0.748 e. The van der Waals surface area contributed by atoms with Crippen LogP contribution in [0.4, 0.5) is 0 Å². The Balaban J connectivity index is 0. The molecule has 0 aromatic heterocycles. The average Bonchev–Trinajstić information content (AvgIpc) is 2.48. The van der Waals surface area contributed by atoms with Crippen LogP contribution in [0.1, 0.15) is 59.8 Å². The number of carbonyl (C=O) groups excluding carboxylic acids is 1. The summed E-state index contributed by atoms with van der Waals surface area (Å²) in [5.74, 6) is -0.511. The zero-order valence-electron chi connectivity index (χ0n) is 15.7. The van der Waals surface area contributed by atoms with Crippen molar-refractivity contribution in [1.82, 2.24) is 0 Å². The number of hydrogen-bond acceptors (Lipinski definition) is 5. The minimum Gasteiger partial charge on any atom is -0.748 e. The van der Waals surface area contributed by atoms with Crippen molar-refractivity contribution >= 4 is 16.1 Å². The van der Waals surface area contributed by atoms with E-state index in [9.17, 15) is 17.8 Å². The fraction of sp³-hybridized carbons (Fsp3) is 0.824. The summed E-state index contributed by atoms with van der Waals surface area (Å²) in [4.78, 5) is 12.8. The fourth-order valence-corrected chi connectivity index (χ4v) is 2.39. The lowest BCUT2D eigenvalue weighted by atomic mass is 10.2. The predicted molar refractivity (Wildman–Crippen MR) is 96.0 cm³/mol. The summed E-state index contributed by atoms with van der Waals surface area (Å²) < 4.78 is 34.2. The van der Waals surface area contributed by atoms with Crippen LogP contribution in [0.15, 0.2) is 12.2 Å². The Morgan fingerprint density at radius 1 is 1.04 bits per heavy atom. The van der Waals surface area contributed by atoms with Gasteiger partial charge in [-0.15, -0.1) is 0 Å². The van der Waals surface area contributed by atoms with Gasteiger partial charge in [-0.2, -0.15) is 0 Å². The van der Waals surface area contributed by atoms with Gasteiger partial charge >= 0.3 is 5.97 Å². The molecule has 0 aromatic rings. The number of hydrogen-bond donors (Lipinski definition) is 1. The number of rotatable bonds is 12. The Hall–Kier alpha value is -0.920. The molecule has 0 rings (SSSR count). The van der Waals surface area contributed by atoms with Gasteiger partial charge in [0.1, 0.15) is 13.2 Å². The number of nitrogens with one attached hydrogen (secondary N) is 1. The van der Waals surface area contributed by atoms with E-state index in [1.807, 2.05) is 0 Å². The molecule has 7 heteroatoms. The van der Waals surface area contributed by atoms with E-state index < -0.39 is 10.1 Å². The van der Waals surface area contributed by atoms with Gasteiger partial charge in [-0.1, -0.05) is 40.2 Å². The van der Waals surface area contributed by atoms with Crippen LogP contribution in [-0.2, 0) is 19.6 Å². The SMILES string of the molecule is C=C(C)C(=O)OCC[NH+](CCCC)CCCC.CCCS(=O)(=O)[O-]. The molecular weight excluding hydrogens is 330 g/mol. The molecule has 0 fully saturated rings. The molecule has 0 aliphatic rings. The molecule has 0 spiro atoms. The molecule has 0 heterocycles. The second-order valence-electron chi connectivity index (χ2n) is 5.89. The van der Waals surface area contributed by atoms with E-state index in [4.69, 9.17) is 4.74 Å². The van der Waals surface area contributed by atoms with Gasteiger partial charge in [0.25, 0.3) is 0 Å². The summed E-state index contributed by atoms with van der Waals surface area (Å²) in [6.45, 7) is 15.1. The monoisotopic (exact) mass is 365 g/mol. The highest BCUT2D eigenvalue weighted by Crippen LogP contribution is 1.90. The van der Waals surface area contributed by atoms with E-state index in [0.717, 1.165) is 6.54 Å². The maximum absolute atomic E-state index is 11.2. The second kappa shape index (κ2) is 15.6. The van der Waals surface area contributed by atoms with Gasteiger partial charge in [-0.25, -0.2) is 13.2 Å². The standard InChI is InChI=1S/C14H27NO2.C3H8O3S/c1-5-7-9-15(10-8-6-2)11-12-17-14(16)13(3)4;1-2-3-7(4,5)6/h3,5-12H2,1-2,4H3;2-3H2,1H3,(H,4,5,6). The van der Waals surface area contributed by atoms with E-state index in [0.29, 0.717) is 18.6 Å². The van der Waals surface area contributed by atoms with Gasteiger partial charge < -0.3 is 14.2 Å². The first-order chi connectivity index (χ1) is 11.2. The van der Waals surface area contributed by atoms with Crippen molar-refractivity contribution in [3.63, 3.8) is 0 Å². The lowest BCUT2D eigenvalue weighted by molar-refractivity contribution is -0.900. The van der Waals surface area contributed by atoms with Gasteiger partial charge in [0.05, 0.1) is 23.2 Å². The Morgan fingerprint density at radius 3 is 1.83 bits per heavy atom. The first kappa shape index (κ1) is 25.3. The summed E-state index contributed by atoms with van der Waals surface area (Å²) in [5.41, 5.74) is 0.480. The van der Waals surface area contributed by atoms with Gasteiger partial charge in [0, 0.05) is 11.3 Å². The summed E-state index contributed by atoms with van der Waals surface area (Å²) >= 11 is 0. The molecule has 144 valence electrons. The van der Waals surface area contributed by atoms with Crippen molar-refractivity contribution in [2.75, 3.05) is 32.0 Å². The Bertz CT molecular complexity index is 426. The first-order valence-electron chi connectivity index (χ1n) is 8.77. The van der Waals surface area contributed by atoms with E-state index in [-0.39, 0.29) is 11.7 Å². The molecule has 24 heavy (non-hydrogen) atoms. The first-order valence-corrected chi connectivity index (χ1v) is 10.3. The van der Waals surface area contributed by atoms with Crippen molar-refractivity contribution in [2.45, 2.75) is 59.8 Å². The number of carbonyl (C=O) groups is 1. The van der Waals surface area contributed by atoms with Crippen LogP contribution in [0, 0.1) is 0 Å². The molecule has 6 nitrogen and oxygen atoms in total. The van der Waals surface area contributed by atoms with Crippen molar-refractivity contribution < 1.29 is 27.4 Å². The highest BCUT2D eigenvalue weighted by Gasteiger charge is 2.09. The van der Waals surface area contributed by atoms with Crippen LogP contribution in [0.2, 0.25) is 0 Å². The molecule has 0 saturated carbocycles. The predicted octanol–water partition coefficient (Wildman–Crippen LogP) is 1.53. The average molecular weight is 366 g/mol. The zero-order valence-corrected chi connectivity index (χ0v) is 16.5. The molecule has 0 atom stereocenters. The second-order valence-corrected chi connectivity index (χ2v) is 7.41. The van der Waals surface area contributed by atoms with Gasteiger partial charge in [0.2, 0.25) is 0 Å². The smallest absolute Gasteiger partial charge is 0.333 e.